The van der Waals surface area contributed by atoms with Crippen LogP contribution in [0.15, 0.2) is 24.3 Å². The number of hydrogen-bond donors (Lipinski definition) is 0. The zero-order valence-electron chi connectivity index (χ0n) is 9.24. The summed E-state index contributed by atoms with van der Waals surface area (Å²) in [4.78, 5) is 11.4. The molecule has 16 heavy (non-hydrogen) atoms. The lowest BCUT2D eigenvalue weighted by atomic mass is 10.1. The van der Waals surface area contributed by atoms with E-state index in [0.717, 1.165) is 0 Å². The molecular weight excluding hydrogens is 214 g/mol. The first kappa shape index (κ1) is 12.6. The number of benzene rings is 1. The van der Waals surface area contributed by atoms with E-state index in [0.29, 0.717) is 12.2 Å². The molecule has 0 bridgehead atoms. The van der Waals surface area contributed by atoms with E-state index in [-0.39, 0.29) is 17.5 Å². The third-order valence-electron chi connectivity index (χ3n) is 2.37. The summed E-state index contributed by atoms with van der Waals surface area (Å²) in [5.74, 6) is -0.225. The molecule has 4 heteroatoms. The highest BCUT2D eigenvalue weighted by atomic mass is 19.3. The van der Waals surface area contributed by atoms with Gasteiger partial charge < -0.3 is 4.74 Å². The first-order chi connectivity index (χ1) is 7.54. The van der Waals surface area contributed by atoms with Crippen molar-refractivity contribution in [3.63, 3.8) is 0 Å². The smallest absolute Gasteiger partial charge is 0.314 e. The molecule has 2 nitrogen and oxygen atoms in total. The van der Waals surface area contributed by atoms with E-state index in [1.807, 2.05) is 6.92 Å². The van der Waals surface area contributed by atoms with E-state index in [9.17, 15) is 13.6 Å². The van der Waals surface area contributed by atoms with Crippen LogP contribution in [0.4, 0.5) is 8.78 Å². The molecule has 1 aromatic rings. The number of halogens is 2. The molecule has 0 aromatic heterocycles. The Kier molecular flexibility index (Phi) is 4.40. The Balaban J connectivity index is 2.65. The largest absolute Gasteiger partial charge is 0.426 e. The molecule has 0 aliphatic rings. The minimum atomic E-state index is -2.50. The van der Waals surface area contributed by atoms with Crippen LogP contribution in [-0.2, 0) is 4.79 Å². The highest BCUT2D eigenvalue weighted by molar-refractivity contribution is 5.74. The fourth-order valence-corrected chi connectivity index (χ4v) is 1.06. The van der Waals surface area contributed by atoms with Crippen LogP contribution in [0.1, 0.15) is 32.3 Å². The van der Waals surface area contributed by atoms with Crippen LogP contribution in [0, 0.1) is 5.92 Å². The fourth-order valence-electron chi connectivity index (χ4n) is 1.06. The van der Waals surface area contributed by atoms with Crippen molar-refractivity contribution >= 4 is 5.97 Å². The molecule has 1 unspecified atom stereocenters. The number of carbonyl (C=O) groups excluding carboxylic acids is 1. The van der Waals surface area contributed by atoms with Crippen molar-refractivity contribution in [2.45, 2.75) is 26.7 Å². The van der Waals surface area contributed by atoms with Crippen molar-refractivity contribution in [3.05, 3.63) is 29.8 Å². The summed E-state index contributed by atoms with van der Waals surface area (Å²) >= 11 is 0. The predicted octanol–water partition coefficient (Wildman–Crippen LogP) is 3.58. The minimum Gasteiger partial charge on any atom is -0.426 e. The molecule has 88 valence electrons. The Morgan fingerprint density at radius 3 is 2.31 bits per heavy atom. The van der Waals surface area contributed by atoms with Crippen LogP contribution in [0.5, 0.6) is 5.75 Å². The van der Waals surface area contributed by atoms with Gasteiger partial charge in [0.25, 0.3) is 6.43 Å². The van der Waals surface area contributed by atoms with Gasteiger partial charge in [0.05, 0.1) is 5.92 Å². The molecule has 0 saturated heterocycles. The van der Waals surface area contributed by atoms with Gasteiger partial charge in [-0.1, -0.05) is 13.8 Å². The average molecular weight is 228 g/mol. The van der Waals surface area contributed by atoms with E-state index in [1.165, 1.54) is 24.3 Å². The van der Waals surface area contributed by atoms with Gasteiger partial charge in [-0.2, -0.15) is 0 Å². The second-order valence-corrected chi connectivity index (χ2v) is 3.60. The zero-order chi connectivity index (χ0) is 12.1. The highest BCUT2D eigenvalue weighted by Crippen LogP contribution is 2.22. The van der Waals surface area contributed by atoms with Gasteiger partial charge >= 0.3 is 5.97 Å². The molecule has 0 aliphatic heterocycles. The van der Waals surface area contributed by atoms with Crippen LogP contribution < -0.4 is 4.74 Å². The molecule has 0 radical (unpaired) electrons. The number of ether oxygens (including phenoxy) is 1. The molecular formula is C12H14F2O2. The van der Waals surface area contributed by atoms with E-state index in [1.54, 1.807) is 6.92 Å². The topological polar surface area (TPSA) is 26.3 Å². The molecule has 0 aliphatic carbocycles. The number of alkyl halides is 2. The normalized spacial score (nSPS) is 12.6. The van der Waals surface area contributed by atoms with E-state index < -0.39 is 6.43 Å². The molecule has 1 atom stereocenters. The Bertz CT molecular complexity index is 347. The summed E-state index contributed by atoms with van der Waals surface area (Å²) in [6.45, 7) is 3.64. The van der Waals surface area contributed by atoms with Gasteiger partial charge in [0.2, 0.25) is 0 Å². The van der Waals surface area contributed by atoms with Crippen LogP contribution >= 0.6 is 0 Å². The summed E-state index contributed by atoms with van der Waals surface area (Å²) in [6.07, 6.45) is -1.81. The highest BCUT2D eigenvalue weighted by Gasteiger charge is 2.13. The third kappa shape index (κ3) is 3.29. The molecule has 1 rings (SSSR count). The quantitative estimate of drug-likeness (QED) is 0.581. The van der Waals surface area contributed by atoms with Crippen molar-refractivity contribution in [2.24, 2.45) is 5.92 Å². The second-order valence-electron chi connectivity index (χ2n) is 3.60. The van der Waals surface area contributed by atoms with Crippen LogP contribution in [-0.4, -0.2) is 5.97 Å². The van der Waals surface area contributed by atoms with E-state index in [2.05, 4.69) is 0 Å². The van der Waals surface area contributed by atoms with Crippen molar-refractivity contribution in [3.8, 4) is 5.75 Å². The second kappa shape index (κ2) is 5.58. The predicted molar refractivity (Wildman–Crippen MR) is 56.5 cm³/mol. The molecule has 0 heterocycles. The standard InChI is InChI=1S/C12H14F2O2/c1-3-8(2)12(15)16-10-6-4-9(5-7-10)11(13)14/h4-8,11H,3H2,1-2H3. The fraction of sp³-hybridized carbons (Fsp3) is 0.417. The van der Waals surface area contributed by atoms with Gasteiger partial charge in [-0.05, 0) is 30.7 Å². The average Bonchev–Trinajstić information content (AvgIpc) is 2.28. The Labute approximate surface area is 93.2 Å². The van der Waals surface area contributed by atoms with Crippen molar-refractivity contribution in [1.82, 2.24) is 0 Å². The molecule has 1 aromatic carbocycles. The first-order valence-electron chi connectivity index (χ1n) is 5.14. The number of hydrogen-bond acceptors (Lipinski definition) is 2. The number of carbonyl (C=O) groups is 1. The minimum absolute atomic E-state index is 0.0802. The zero-order valence-corrected chi connectivity index (χ0v) is 9.24. The van der Waals surface area contributed by atoms with Crippen LogP contribution in [0.25, 0.3) is 0 Å². The van der Waals surface area contributed by atoms with Gasteiger partial charge in [0.1, 0.15) is 5.75 Å². The van der Waals surface area contributed by atoms with Gasteiger partial charge in [0.15, 0.2) is 0 Å². The van der Waals surface area contributed by atoms with Crippen molar-refractivity contribution < 1.29 is 18.3 Å². The van der Waals surface area contributed by atoms with Crippen LogP contribution in [0.2, 0.25) is 0 Å². The summed E-state index contributed by atoms with van der Waals surface area (Å²) in [7, 11) is 0. The lowest BCUT2D eigenvalue weighted by molar-refractivity contribution is -0.138. The lowest BCUT2D eigenvalue weighted by Gasteiger charge is -2.09. The van der Waals surface area contributed by atoms with Gasteiger partial charge in [-0.15, -0.1) is 0 Å². The molecule has 0 spiro atoms. The van der Waals surface area contributed by atoms with Crippen molar-refractivity contribution in [2.75, 3.05) is 0 Å². The van der Waals surface area contributed by atoms with Crippen LogP contribution in [0.3, 0.4) is 0 Å². The summed E-state index contributed by atoms with van der Waals surface area (Å²) in [5.41, 5.74) is -0.0802. The number of esters is 1. The Morgan fingerprint density at radius 1 is 1.31 bits per heavy atom. The third-order valence-corrected chi connectivity index (χ3v) is 2.37. The molecule has 0 saturated carbocycles. The van der Waals surface area contributed by atoms with E-state index >= 15 is 0 Å². The maximum absolute atomic E-state index is 12.2. The van der Waals surface area contributed by atoms with E-state index in [4.69, 9.17) is 4.74 Å². The Hall–Kier alpha value is -1.45. The van der Waals surface area contributed by atoms with Crippen molar-refractivity contribution in [1.29, 1.82) is 0 Å². The SMILES string of the molecule is CCC(C)C(=O)Oc1ccc(C(F)F)cc1. The monoisotopic (exact) mass is 228 g/mol. The molecule has 0 fully saturated rings. The van der Waals surface area contributed by atoms with Gasteiger partial charge in [-0.3, -0.25) is 4.79 Å². The summed E-state index contributed by atoms with van der Waals surface area (Å²) < 4.78 is 29.5. The lowest BCUT2D eigenvalue weighted by Crippen LogP contribution is -2.16. The van der Waals surface area contributed by atoms with Gasteiger partial charge in [0, 0.05) is 5.56 Å². The summed E-state index contributed by atoms with van der Waals surface area (Å²) in [5, 5.41) is 0. The van der Waals surface area contributed by atoms with Gasteiger partial charge in [-0.25, -0.2) is 8.78 Å². The summed E-state index contributed by atoms with van der Waals surface area (Å²) in [6, 6.07) is 5.26. The Morgan fingerprint density at radius 2 is 1.88 bits per heavy atom. The maximum Gasteiger partial charge on any atom is 0.314 e. The molecule has 0 N–H and O–H groups in total. The molecule has 0 amide bonds. The number of rotatable bonds is 4. The maximum atomic E-state index is 12.2. The first-order valence-corrected chi connectivity index (χ1v) is 5.14.